The first-order chi connectivity index (χ1) is 15.0. The van der Waals surface area contributed by atoms with Gasteiger partial charge in [-0.3, -0.25) is 9.59 Å². The lowest BCUT2D eigenvalue weighted by molar-refractivity contribution is -0.131. The summed E-state index contributed by atoms with van der Waals surface area (Å²) in [4.78, 5) is 26.7. The number of carbonyl (C=O) groups excluding carboxylic acids is 2. The minimum atomic E-state index is -0.143. The van der Waals surface area contributed by atoms with E-state index in [9.17, 15) is 9.59 Å². The fourth-order valence-electron chi connectivity index (χ4n) is 3.60. The fourth-order valence-corrected chi connectivity index (χ4v) is 3.60. The Morgan fingerprint density at radius 1 is 1.00 bits per heavy atom. The predicted molar refractivity (Wildman–Crippen MR) is 118 cm³/mol. The van der Waals surface area contributed by atoms with E-state index < -0.39 is 0 Å². The summed E-state index contributed by atoms with van der Waals surface area (Å²) < 4.78 is 16.1. The van der Waals surface area contributed by atoms with Crippen LogP contribution in [-0.4, -0.2) is 56.7 Å². The number of rotatable bonds is 8. The molecule has 0 aromatic heterocycles. The minimum absolute atomic E-state index is 0.0124. The Kier molecular flexibility index (Phi) is 7.76. The molecule has 31 heavy (non-hydrogen) atoms. The molecule has 1 aliphatic heterocycles. The Bertz CT molecular complexity index is 889. The normalized spacial score (nSPS) is 14.1. The van der Waals surface area contributed by atoms with Crippen molar-refractivity contribution in [1.82, 2.24) is 10.2 Å². The number of benzene rings is 2. The van der Waals surface area contributed by atoms with Crippen molar-refractivity contribution in [2.75, 3.05) is 33.9 Å². The molecule has 7 nitrogen and oxygen atoms in total. The first-order valence-electron chi connectivity index (χ1n) is 10.5. The number of hydrogen-bond acceptors (Lipinski definition) is 5. The van der Waals surface area contributed by atoms with Crippen LogP contribution in [0.2, 0.25) is 0 Å². The molecule has 0 saturated carbocycles. The van der Waals surface area contributed by atoms with Gasteiger partial charge in [-0.2, -0.15) is 0 Å². The van der Waals surface area contributed by atoms with Gasteiger partial charge in [-0.15, -0.1) is 0 Å². The summed E-state index contributed by atoms with van der Waals surface area (Å²) in [6.07, 6.45) is 1.77. The van der Waals surface area contributed by atoms with Crippen LogP contribution in [0.25, 0.3) is 0 Å². The number of nitrogens with one attached hydrogen (secondary N) is 1. The van der Waals surface area contributed by atoms with E-state index >= 15 is 0 Å². The van der Waals surface area contributed by atoms with Crippen LogP contribution < -0.4 is 19.5 Å². The third kappa shape index (κ3) is 6.38. The molecular weight excluding hydrogens is 396 g/mol. The first-order valence-corrected chi connectivity index (χ1v) is 10.5. The van der Waals surface area contributed by atoms with Gasteiger partial charge in [0.25, 0.3) is 5.91 Å². The Balaban J connectivity index is 1.42. The summed E-state index contributed by atoms with van der Waals surface area (Å²) in [5.74, 6) is 1.86. The highest BCUT2D eigenvalue weighted by Gasteiger charge is 2.24. The van der Waals surface area contributed by atoms with Crippen molar-refractivity contribution >= 4 is 11.8 Å². The number of amides is 2. The zero-order chi connectivity index (χ0) is 22.2. The lowest BCUT2D eigenvalue weighted by Crippen LogP contribution is -2.47. The number of piperidine rings is 1. The number of methoxy groups -OCH3 is 2. The number of ether oxygens (including phenoxy) is 3. The predicted octanol–water partition coefficient (Wildman–Crippen LogP) is 2.74. The van der Waals surface area contributed by atoms with Crippen LogP contribution in [0.15, 0.2) is 42.5 Å². The van der Waals surface area contributed by atoms with Gasteiger partial charge in [0.2, 0.25) is 5.91 Å². The van der Waals surface area contributed by atoms with Crippen molar-refractivity contribution in [2.45, 2.75) is 32.2 Å². The highest BCUT2D eigenvalue weighted by Crippen LogP contribution is 2.28. The molecule has 1 heterocycles. The van der Waals surface area contributed by atoms with E-state index in [-0.39, 0.29) is 24.5 Å². The van der Waals surface area contributed by atoms with Crippen molar-refractivity contribution in [2.24, 2.45) is 0 Å². The molecule has 7 heteroatoms. The van der Waals surface area contributed by atoms with Crippen molar-refractivity contribution in [3.05, 3.63) is 53.6 Å². The lowest BCUT2D eigenvalue weighted by atomic mass is 10.0. The van der Waals surface area contributed by atoms with Crippen molar-refractivity contribution in [3.8, 4) is 17.2 Å². The smallest absolute Gasteiger partial charge is 0.258 e. The number of nitrogens with zero attached hydrogens (tertiary/aromatic N) is 1. The molecular formula is C24H30N2O5. The van der Waals surface area contributed by atoms with Crippen molar-refractivity contribution in [3.63, 3.8) is 0 Å². The maximum atomic E-state index is 12.7. The molecule has 0 aliphatic carbocycles. The molecule has 0 radical (unpaired) electrons. The highest BCUT2D eigenvalue weighted by atomic mass is 16.5. The van der Waals surface area contributed by atoms with E-state index in [0.29, 0.717) is 36.8 Å². The van der Waals surface area contributed by atoms with Crippen LogP contribution in [0, 0.1) is 6.92 Å². The topological polar surface area (TPSA) is 77.1 Å². The maximum Gasteiger partial charge on any atom is 0.258 e. The third-order valence-electron chi connectivity index (χ3n) is 5.41. The van der Waals surface area contributed by atoms with E-state index in [4.69, 9.17) is 14.2 Å². The molecule has 0 spiro atoms. The van der Waals surface area contributed by atoms with Crippen LogP contribution in [0.5, 0.6) is 17.2 Å². The average Bonchev–Trinajstić information content (AvgIpc) is 2.79. The van der Waals surface area contributed by atoms with Crippen LogP contribution in [-0.2, 0) is 16.0 Å². The summed E-state index contributed by atoms with van der Waals surface area (Å²) in [6.45, 7) is 3.23. The molecule has 1 N–H and O–H groups in total. The molecule has 0 bridgehead atoms. The monoisotopic (exact) mass is 426 g/mol. The molecule has 1 fully saturated rings. The molecule has 1 aliphatic rings. The van der Waals surface area contributed by atoms with Crippen LogP contribution in [0.1, 0.15) is 24.0 Å². The van der Waals surface area contributed by atoms with Crippen molar-refractivity contribution < 1.29 is 23.8 Å². The zero-order valence-electron chi connectivity index (χ0n) is 18.3. The molecule has 2 amide bonds. The summed E-state index contributed by atoms with van der Waals surface area (Å²) >= 11 is 0. The quantitative estimate of drug-likeness (QED) is 0.702. The molecule has 166 valence electrons. The largest absolute Gasteiger partial charge is 0.493 e. The third-order valence-corrected chi connectivity index (χ3v) is 5.41. The van der Waals surface area contributed by atoms with E-state index in [1.54, 1.807) is 14.2 Å². The zero-order valence-corrected chi connectivity index (χ0v) is 18.3. The molecule has 3 rings (SSSR count). The van der Waals surface area contributed by atoms with E-state index in [0.717, 1.165) is 24.0 Å². The second kappa shape index (κ2) is 10.7. The Labute approximate surface area is 183 Å². The van der Waals surface area contributed by atoms with Gasteiger partial charge in [0.05, 0.1) is 20.6 Å². The van der Waals surface area contributed by atoms with Gasteiger partial charge < -0.3 is 24.4 Å². The highest BCUT2D eigenvalue weighted by molar-refractivity contribution is 5.79. The van der Waals surface area contributed by atoms with Gasteiger partial charge in [-0.25, -0.2) is 0 Å². The maximum absolute atomic E-state index is 12.7. The number of carbonyl (C=O) groups is 2. The molecule has 2 aromatic rings. The summed E-state index contributed by atoms with van der Waals surface area (Å²) in [7, 11) is 3.16. The number of hydrogen-bond donors (Lipinski definition) is 1. The summed E-state index contributed by atoms with van der Waals surface area (Å²) in [5, 5.41) is 3.01. The Hall–Kier alpha value is -3.22. The van der Waals surface area contributed by atoms with E-state index in [2.05, 4.69) is 5.32 Å². The first kappa shape index (κ1) is 22.5. The van der Waals surface area contributed by atoms with Gasteiger partial charge in [-0.05, 0) is 49.6 Å². The summed E-state index contributed by atoms with van der Waals surface area (Å²) in [5.41, 5.74) is 2.02. The Morgan fingerprint density at radius 2 is 1.68 bits per heavy atom. The average molecular weight is 427 g/mol. The SMILES string of the molecule is COc1ccc(CC(=O)N2CCC(NC(=O)COc3ccc(C)cc3)CC2)cc1OC. The second-order valence-electron chi connectivity index (χ2n) is 7.69. The molecule has 0 unspecified atom stereocenters. The number of aryl methyl sites for hydroxylation is 1. The summed E-state index contributed by atoms with van der Waals surface area (Å²) in [6, 6.07) is 13.2. The van der Waals surface area contributed by atoms with Crippen LogP contribution >= 0.6 is 0 Å². The molecule has 0 atom stereocenters. The van der Waals surface area contributed by atoms with E-state index in [1.807, 2.05) is 54.3 Å². The molecule has 2 aromatic carbocycles. The molecule has 1 saturated heterocycles. The minimum Gasteiger partial charge on any atom is -0.493 e. The fraction of sp³-hybridized carbons (Fsp3) is 0.417. The standard InChI is InChI=1S/C24H30N2O5/c1-17-4-7-20(8-5-17)31-16-23(27)25-19-10-12-26(13-11-19)24(28)15-18-6-9-21(29-2)22(14-18)30-3/h4-9,14,19H,10-13,15-16H2,1-3H3,(H,25,27). The van der Waals surface area contributed by atoms with Gasteiger partial charge >= 0.3 is 0 Å². The van der Waals surface area contributed by atoms with Gasteiger partial charge in [0, 0.05) is 19.1 Å². The van der Waals surface area contributed by atoms with Crippen LogP contribution in [0.3, 0.4) is 0 Å². The second-order valence-corrected chi connectivity index (χ2v) is 7.69. The lowest BCUT2D eigenvalue weighted by Gasteiger charge is -2.32. The number of likely N-dealkylation sites (tertiary alicyclic amines) is 1. The van der Waals surface area contributed by atoms with Crippen molar-refractivity contribution in [1.29, 1.82) is 0 Å². The van der Waals surface area contributed by atoms with Gasteiger partial charge in [0.1, 0.15) is 5.75 Å². The Morgan fingerprint density at radius 3 is 2.32 bits per heavy atom. The van der Waals surface area contributed by atoms with Gasteiger partial charge in [-0.1, -0.05) is 23.8 Å². The van der Waals surface area contributed by atoms with Crippen LogP contribution in [0.4, 0.5) is 0 Å². The van der Waals surface area contributed by atoms with E-state index in [1.165, 1.54) is 0 Å². The van der Waals surface area contributed by atoms with Gasteiger partial charge in [0.15, 0.2) is 18.1 Å².